The molecule has 0 fully saturated rings. The zero-order valence-corrected chi connectivity index (χ0v) is 16.5. The fourth-order valence-electron chi connectivity index (χ4n) is 3.86. The van der Waals surface area contributed by atoms with Crippen molar-refractivity contribution in [2.24, 2.45) is 0 Å². The van der Waals surface area contributed by atoms with Gasteiger partial charge < -0.3 is 5.32 Å². The molecule has 4 nitrogen and oxygen atoms in total. The maximum Gasteiger partial charge on any atom is 0.269 e. The molecule has 5 heteroatoms. The zero-order chi connectivity index (χ0) is 20.5. The molecule has 0 saturated heterocycles. The number of benzene rings is 2. The lowest BCUT2D eigenvalue weighted by Gasteiger charge is -2.17. The summed E-state index contributed by atoms with van der Waals surface area (Å²) in [6.07, 6.45) is 3.51. The molecule has 0 aliphatic rings. The van der Waals surface area contributed by atoms with Crippen molar-refractivity contribution in [3.63, 3.8) is 0 Å². The average molecular weight is 385 g/mol. The van der Waals surface area contributed by atoms with Crippen molar-refractivity contribution in [2.75, 3.05) is 7.05 Å². The number of fused-ring (bicyclic) bond motifs is 1. The lowest BCUT2D eigenvalue weighted by atomic mass is 9.89. The molecule has 0 spiro atoms. The van der Waals surface area contributed by atoms with Gasteiger partial charge in [0.1, 0.15) is 11.5 Å². The molecule has 0 atom stereocenters. The molecule has 2 aromatic heterocycles. The summed E-state index contributed by atoms with van der Waals surface area (Å²) in [5, 5.41) is 3.44. The third-order valence-corrected chi connectivity index (χ3v) is 5.14. The van der Waals surface area contributed by atoms with Crippen molar-refractivity contribution in [3.05, 3.63) is 83.6 Å². The zero-order valence-electron chi connectivity index (χ0n) is 16.5. The van der Waals surface area contributed by atoms with E-state index in [0.717, 1.165) is 27.6 Å². The number of aromatic nitrogens is 2. The summed E-state index contributed by atoms with van der Waals surface area (Å²) in [6, 6.07) is 14.1. The number of nitrogens with zero attached hydrogens (tertiary/aromatic N) is 2. The highest BCUT2D eigenvalue weighted by molar-refractivity contribution is 6.05. The molecule has 144 valence electrons. The monoisotopic (exact) mass is 385 g/mol. The van der Waals surface area contributed by atoms with Gasteiger partial charge in [0.25, 0.3) is 5.91 Å². The van der Waals surface area contributed by atoms with Crippen molar-refractivity contribution in [1.29, 1.82) is 0 Å². The Hall–Kier alpha value is -3.60. The minimum absolute atomic E-state index is 0.258. The van der Waals surface area contributed by atoms with Gasteiger partial charge in [0.05, 0.1) is 5.52 Å². The predicted molar refractivity (Wildman–Crippen MR) is 113 cm³/mol. The summed E-state index contributed by atoms with van der Waals surface area (Å²) in [6.45, 7) is 4.02. The number of amides is 1. The van der Waals surface area contributed by atoms with E-state index in [-0.39, 0.29) is 17.4 Å². The van der Waals surface area contributed by atoms with E-state index < -0.39 is 0 Å². The summed E-state index contributed by atoms with van der Waals surface area (Å²) < 4.78 is 14.7. The normalized spacial score (nSPS) is 10.9. The second kappa shape index (κ2) is 7.43. The van der Waals surface area contributed by atoms with E-state index in [9.17, 15) is 9.18 Å². The van der Waals surface area contributed by atoms with Gasteiger partial charge in [0, 0.05) is 30.4 Å². The van der Waals surface area contributed by atoms with Crippen LogP contribution < -0.4 is 5.32 Å². The van der Waals surface area contributed by atoms with Crippen LogP contribution in [0.3, 0.4) is 0 Å². The molecule has 0 bridgehead atoms. The first-order valence-electron chi connectivity index (χ1n) is 9.33. The molecule has 0 radical (unpaired) electrons. The van der Waals surface area contributed by atoms with Gasteiger partial charge in [0.2, 0.25) is 0 Å². The van der Waals surface area contributed by atoms with Gasteiger partial charge in [-0.25, -0.2) is 9.37 Å². The standard InChI is InChI=1S/C24H20FN3O/c1-14-12-20-23(15(2)22(14)16-8-10-27-11-9-16)18(13-21(28-20)24(29)26-3)17-6-4-5-7-19(17)25/h4-13H,1-3H3,(H,26,29). The maximum absolute atomic E-state index is 14.7. The van der Waals surface area contributed by atoms with Crippen LogP contribution in [0.4, 0.5) is 4.39 Å². The van der Waals surface area contributed by atoms with Crippen LogP contribution in [0.2, 0.25) is 0 Å². The van der Waals surface area contributed by atoms with E-state index in [1.165, 1.54) is 6.07 Å². The summed E-state index contributed by atoms with van der Waals surface area (Å²) in [4.78, 5) is 21.0. The van der Waals surface area contributed by atoms with Gasteiger partial charge in [-0.3, -0.25) is 9.78 Å². The van der Waals surface area contributed by atoms with Crippen LogP contribution in [0.5, 0.6) is 0 Å². The molecule has 0 aliphatic heterocycles. The fourth-order valence-corrected chi connectivity index (χ4v) is 3.86. The van der Waals surface area contributed by atoms with Crippen LogP contribution in [-0.4, -0.2) is 22.9 Å². The third kappa shape index (κ3) is 3.25. The van der Waals surface area contributed by atoms with Gasteiger partial charge in [-0.2, -0.15) is 0 Å². The number of pyridine rings is 2. The van der Waals surface area contributed by atoms with Crippen LogP contribution in [0.25, 0.3) is 33.2 Å². The Morgan fingerprint density at radius 3 is 2.41 bits per heavy atom. The highest BCUT2D eigenvalue weighted by Crippen LogP contribution is 2.38. The minimum Gasteiger partial charge on any atom is -0.354 e. The van der Waals surface area contributed by atoms with Gasteiger partial charge in [0.15, 0.2) is 0 Å². The van der Waals surface area contributed by atoms with Crippen LogP contribution in [-0.2, 0) is 0 Å². The quantitative estimate of drug-likeness (QED) is 0.535. The molecule has 0 unspecified atom stereocenters. The molecule has 0 saturated carbocycles. The fraction of sp³-hybridized carbons (Fsp3) is 0.125. The summed E-state index contributed by atoms with van der Waals surface area (Å²) in [5.41, 5.74) is 6.13. The molecular formula is C24H20FN3O. The number of hydrogen-bond donors (Lipinski definition) is 1. The van der Waals surface area contributed by atoms with Crippen molar-refractivity contribution in [2.45, 2.75) is 13.8 Å². The van der Waals surface area contributed by atoms with Crippen molar-refractivity contribution in [3.8, 4) is 22.3 Å². The summed E-state index contributed by atoms with van der Waals surface area (Å²) in [7, 11) is 1.56. The van der Waals surface area contributed by atoms with E-state index in [4.69, 9.17) is 0 Å². The lowest BCUT2D eigenvalue weighted by molar-refractivity contribution is 0.0958. The van der Waals surface area contributed by atoms with E-state index in [1.54, 1.807) is 43.7 Å². The maximum atomic E-state index is 14.7. The number of aryl methyl sites for hydroxylation is 2. The Morgan fingerprint density at radius 2 is 1.72 bits per heavy atom. The Labute approximate surface area is 168 Å². The number of nitrogens with one attached hydrogen (secondary N) is 1. The smallest absolute Gasteiger partial charge is 0.269 e. The van der Waals surface area contributed by atoms with Crippen molar-refractivity contribution >= 4 is 16.8 Å². The number of carbonyl (C=O) groups excluding carboxylic acids is 1. The first-order valence-corrected chi connectivity index (χ1v) is 9.33. The van der Waals surface area contributed by atoms with E-state index >= 15 is 0 Å². The number of carbonyl (C=O) groups is 1. The summed E-state index contributed by atoms with van der Waals surface area (Å²) >= 11 is 0. The van der Waals surface area contributed by atoms with Crippen molar-refractivity contribution < 1.29 is 9.18 Å². The predicted octanol–water partition coefficient (Wildman–Crippen LogP) is 5.08. The molecule has 1 amide bonds. The SMILES string of the molecule is CNC(=O)c1cc(-c2ccccc2F)c2c(C)c(-c3ccncc3)c(C)cc2n1. The average Bonchev–Trinajstić information content (AvgIpc) is 2.73. The largest absolute Gasteiger partial charge is 0.354 e. The lowest BCUT2D eigenvalue weighted by Crippen LogP contribution is -2.19. The Bertz CT molecular complexity index is 1240. The molecule has 4 rings (SSSR count). The molecule has 4 aromatic rings. The summed E-state index contributed by atoms with van der Waals surface area (Å²) in [5.74, 6) is -0.647. The topological polar surface area (TPSA) is 54.9 Å². The Kier molecular flexibility index (Phi) is 4.80. The van der Waals surface area contributed by atoms with Gasteiger partial charge in [-0.1, -0.05) is 18.2 Å². The van der Waals surface area contributed by atoms with Crippen LogP contribution in [0, 0.1) is 19.7 Å². The first kappa shape index (κ1) is 18.7. The van der Waals surface area contributed by atoms with Crippen molar-refractivity contribution in [1.82, 2.24) is 15.3 Å². The Balaban J connectivity index is 2.13. The third-order valence-electron chi connectivity index (χ3n) is 5.14. The van der Waals surface area contributed by atoms with E-state index in [0.29, 0.717) is 16.6 Å². The van der Waals surface area contributed by atoms with Gasteiger partial charge in [-0.05, 0) is 72.0 Å². The van der Waals surface area contributed by atoms with Crippen LogP contribution >= 0.6 is 0 Å². The molecule has 29 heavy (non-hydrogen) atoms. The van der Waals surface area contributed by atoms with Gasteiger partial charge >= 0.3 is 0 Å². The Morgan fingerprint density at radius 1 is 1.00 bits per heavy atom. The number of halogens is 1. The van der Waals surface area contributed by atoms with Crippen LogP contribution in [0.1, 0.15) is 21.6 Å². The molecule has 2 heterocycles. The minimum atomic E-state index is -0.340. The number of hydrogen-bond acceptors (Lipinski definition) is 3. The first-order chi connectivity index (χ1) is 14.0. The second-order valence-electron chi connectivity index (χ2n) is 6.94. The second-order valence-corrected chi connectivity index (χ2v) is 6.94. The highest BCUT2D eigenvalue weighted by atomic mass is 19.1. The highest BCUT2D eigenvalue weighted by Gasteiger charge is 2.19. The van der Waals surface area contributed by atoms with Gasteiger partial charge in [-0.15, -0.1) is 0 Å². The molecule has 0 aliphatic carbocycles. The molecule has 1 N–H and O–H groups in total. The van der Waals surface area contributed by atoms with E-state index in [2.05, 4.69) is 15.3 Å². The molecule has 2 aromatic carbocycles. The van der Waals surface area contributed by atoms with Crippen LogP contribution in [0.15, 0.2) is 60.9 Å². The van der Waals surface area contributed by atoms with E-state index in [1.807, 2.05) is 32.0 Å². The number of rotatable bonds is 3. The molecular weight excluding hydrogens is 365 g/mol.